The van der Waals surface area contributed by atoms with Crippen molar-refractivity contribution in [3.63, 3.8) is 0 Å². The lowest BCUT2D eigenvalue weighted by Crippen LogP contribution is -2.06. The maximum Gasteiger partial charge on any atom is 0.330 e. The number of benzene rings is 2. The first kappa shape index (κ1) is 16.6. The van der Waals surface area contributed by atoms with E-state index in [-0.39, 0.29) is 12.4 Å². The number of halogens is 1. The van der Waals surface area contributed by atoms with Gasteiger partial charge in [-0.05, 0) is 43.2 Å². The average molecular weight is 312 g/mol. The first-order valence-electron chi connectivity index (χ1n) is 7.28. The first-order valence-corrected chi connectivity index (χ1v) is 7.28. The van der Waals surface area contributed by atoms with Gasteiger partial charge in [0.25, 0.3) is 0 Å². The van der Waals surface area contributed by atoms with Crippen LogP contribution in [0.4, 0.5) is 4.39 Å². The van der Waals surface area contributed by atoms with E-state index in [1.54, 1.807) is 38.1 Å². The number of rotatable bonds is 5. The molecule has 0 aromatic heterocycles. The molecule has 0 unspecified atom stereocenters. The van der Waals surface area contributed by atoms with E-state index >= 15 is 0 Å². The van der Waals surface area contributed by atoms with Crippen LogP contribution in [0.15, 0.2) is 48.5 Å². The van der Waals surface area contributed by atoms with Gasteiger partial charge in [-0.2, -0.15) is 0 Å². The highest BCUT2D eigenvalue weighted by Crippen LogP contribution is 2.22. The van der Waals surface area contributed by atoms with Crippen molar-refractivity contribution in [1.29, 1.82) is 0 Å². The Balaban J connectivity index is 2.46. The van der Waals surface area contributed by atoms with Gasteiger partial charge in [0.05, 0.1) is 6.61 Å². The normalized spacial score (nSPS) is 10.7. The molecular weight excluding hydrogens is 295 g/mol. The Labute approximate surface area is 134 Å². The molecule has 0 radical (unpaired) electrons. The summed E-state index contributed by atoms with van der Waals surface area (Å²) in [6.45, 7) is 3.52. The Morgan fingerprint density at radius 2 is 1.83 bits per heavy atom. The van der Waals surface area contributed by atoms with Crippen LogP contribution in [-0.2, 0) is 9.53 Å². The van der Waals surface area contributed by atoms with Gasteiger partial charge in [-0.25, -0.2) is 9.18 Å². The summed E-state index contributed by atoms with van der Waals surface area (Å²) in [6, 6.07) is 11.4. The molecule has 3 nitrogen and oxygen atoms in total. The quantitative estimate of drug-likeness (QED) is 0.477. The number of carbonyl (C=O) groups excluding carboxylic acids is 2. The molecule has 0 saturated carbocycles. The molecule has 0 spiro atoms. The van der Waals surface area contributed by atoms with Crippen LogP contribution >= 0.6 is 0 Å². The molecule has 0 saturated heterocycles. The van der Waals surface area contributed by atoms with E-state index in [4.69, 9.17) is 4.74 Å². The molecule has 2 rings (SSSR count). The van der Waals surface area contributed by atoms with E-state index in [0.717, 1.165) is 0 Å². The number of hydrogen-bond donors (Lipinski definition) is 0. The van der Waals surface area contributed by atoms with Crippen molar-refractivity contribution in [2.24, 2.45) is 0 Å². The lowest BCUT2D eigenvalue weighted by Gasteiger charge is -2.09. The average Bonchev–Trinajstić information content (AvgIpc) is 2.56. The molecule has 4 heteroatoms. The van der Waals surface area contributed by atoms with Crippen LogP contribution in [0.3, 0.4) is 0 Å². The number of esters is 1. The molecule has 23 heavy (non-hydrogen) atoms. The van der Waals surface area contributed by atoms with Gasteiger partial charge in [0.1, 0.15) is 5.82 Å². The topological polar surface area (TPSA) is 43.4 Å². The first-order chi connectivity index (χ1) is 11.0. The number of hydrogen-bond acceptors (Lipinski definition) is 3. The summed E-state index contributed by atoms with van der Waals surface area (Å²) in [5.74, 6) is -1.19. The van der Waals surface area contributed by atoms with Gasteiger partial charge in [-0.15, -0.1) is 0 Å². The predicted molar refractivity (Wildman–Crippen MR) is 86.7 cm³/mol. The summed E-state index contributed by atoms with van der Waals surface area (Å²) in [7, 11) is 0. The largest absolute Gasteiger partial charge is 0.463 e. The summed E-state index contributed by atoms with van der Waals surface area (Å²) in [6.07, 6.45) is 2.62. The maximum absolute atomic E-state index is 13.8. The van der Waals surface area contributed by atoms with Crippen LogP contribution in [0.5, 0.6) is 0 Å². The molecule has 2 aromatic rings. The van der Waals surface area contributed by atoms with E-state index in [1.807, 2.05) is 6.07 Å². The fraction of sp³-hybridized carbons (Fsp3) is 0.158. The Hall–Kier alpha value is -2.75. The molecule has 0 fully saturated rings. The number of carbonyl (C=O) groups is 2. The zero-order chi connectivity index (χ0) is 16.8. The zero-order valence-electron chi connectivity index (χ0n) is 13.0. The molecule has 0 atom stereocenters. The van der Waals surface area contributed by atoms with Gasteiger partial charge >= 0.3 is 5.97 Å². The Bertz CT molecular complexity index is 749. The second-order valence-electron chi connectivity index (χ2n) is 4.91. The molecule has 0 amide bonds. The van der Waals surface area contributed by atoms with Gasteiger partial charge in [-0.1, -0.05) is 30.3 Å². The van der Waals surface area contributed by atoms with Gasteiger partial charge in [0.15, 0.2) is 5.78 Å². The molecule has 0 heterocycles. The highest BCUT2D eigenvalue weighted by molar-refractivity contribution is 6.11. The van der Waals surface area contributed by atoms with Crippen LogP contribution in [0, 0.1) is 12.7 Å². The summed E-state index contributed by atoms with van der Waals surface area (Å²) < 4.78 is 18.7. The molecule has 0 aliphatic rings. The summed E-state index contributed by atoms with van der Waals surface area (Å²) >= 11 is 0. The van der Waals surface area contributed by atoms with Crippen LogP contribution in [-0.4, -0.2) is 18.4 Å². The number of ether oxygens (including phenoxy) is 1. The van der Waals surface area contributed by atoms with Crippen molar-refractivity contribution in [2.45, 2.75) is 13.8 Å². The van der Waals surface area contributed by atoms with Crippen molar-refractivity contribution < 1.29 is 18.7 Å². The minimum atomic E-state index is -0.533. The van der Waals surface area contributed by atoms with E-state index in [1.165, 1.54) is 24.3 Å². The second kappa shape index (κ2) is 7.49. The predicted octanol–water partition coefficient (Wildman–Crippen LogP) is 3.94. The SMILES string of the molecule is CCOC(=O)/C=C/c1c(C(=O)c2ccccc2)ccc(F)c1C. The molecule has 118 valence electrons. The van der Waals surface area contributed by atoms with Crippen molar-refractivity contribution in [1.82, 2.24) is 0 Å². The van der Waals surface area contributed by atoms with Gasteiger partial charge in [0.2, 0.25) is 0 Å². The lowest BCUT2D eigenvalue weighted by molar-refractivity contribution is -0.137. The van der Waals surface area contributed by atoms with Crippen LogP contribution < -0.4 is 0 Å². The molecule has 0 aliphatic carbocycles. The van der Waals surface area contributed by atoms with E-state index in [2.05, 4.69) is 0 Å². The minimum Gasteiger partial charge on any atom is -0.463 e. The van der Waals surface area contributed by atoms with Crippen molar-refractivity contribution in [2.75, 3.05) is 6.61 Å². The summed E-state index contributed by atoms with van der Waals surface area (Å²) in [5.41, 5.74) is 1.54. The lowest BCUT2D eigenvalue weighted by atomic mass is 9.94. The second-order valence-corrected chi connectivity index (χ2v) is 4.91. The van der Waals surface area contributed by atoms with E-state index < -0.39 is 11.8 Å². The standard InChI is InChI=1S/C19H17FO3/c1-3-23-18(21)12-10-15-13(2)17(20)11-9-16(15)19(22)14-7-5-4-6-8-14/h4-12H,3H2,1-2H3/b12-10+. The fourth-order valence-corrected chi connectivity index (χ4v) is 2.20. The highest BCUT2D eigenvalue weighted by Gasteiger charge is 2.16. The summed E-state index contributed by atoms with van der Waals surface area (Å²) in [5, 5.41) is 0. The molecule has 0 aliphatic heterocycles. The Kier molecular flexibility index (Phi) is 5.41. The van der Waals surface area contributed by atoms with E-state index in [0.29, 0.717) is 22.3 Å². The molecule has 2 aromatic carbocycles. The third-order valence-corrected chi connectivity index (χ3v) is 3.40. The van der Waals surface area contributed by atoms with Gasteiger partial charge < -0.3 is 4.74 Å². The third-order valence-electron chi connectivity index (χ3n) is 3.40. The van der Waals surface area contributed by atoms with Crippen molar-refractivity contribution in [3.05, 3.63) is 76.6 Å². The molecule has 0 bridgehead atoms. The van der Waals surface area contributed by atoms with E-state index in [9.17, 15) is 14.0 Å². The smallest absolute Gasteiger partial charge is 0.330 e. The van der Waals surface area contributed by atoms with Crippen molar-refractivity contribution >= 4 is 17.8 Å². The highest BCUT2D eigenvalue weighted by atomic mass is 19.1. The fourth-order valence-electron chi connectivity index (χ4n) is 2.20. The van der Waals surface area contributed by atoms with Gasteiger partial charge in [-0.3, -0.25) is 4.79 Å². The Morgan fingerprint density at radius 3 is 2.48 bits per heavy atom. The minimum absolute atomic E-state index is 0.225. The maximum atomic E-state index is 13.8. The van der Waals surface area contributed by atoms with Crippen LogP contribution in [0.1, 0.15) is 34.0 Å². The van der Waals surface area contributed by atoms with Crippen molar-refractivity contribution in [3.8, 4) is 0 Å². The third kappa shape index (κ3) is 3.92. The van der Waals surface area contributed by atoms with Crippen LogP contribution in [0.2, 0.25) is 0 Å². The summed E-state index contributed by atoms with van der Waals surface area (Å²) in [4.78, 5) is 24.1. The van der Waals surface area contributed by atoms with Crippen LogP contribution in [0.25, 0.3) is 6.08 Å². The van der Waals surface area contributed by atoms with Gasteiger partial charge in [0, 0.05) is 17.2 Å². The zero-order valence-corrected chi connectivity index (χ0v) is 13.0. The molecular formula is C19H17FO3. The molecule has 0 N–H and O–H groups in total. The number of ketones is 1. The Morgan fingerprint density at radius 1 is 1.13 bits per heavy atom. The monoisotopic (exact) mass is 312 g/mol.